The van der Waals surface area contributed by atoms with Crippen LogP contribution in [-0.4, -0.2) is 0 Å². The van der Waals surface area contributed by atoms with Crippen molar-refractivity contribution in [1.82, 2.24) is 0 Å². The van der Waals surface area contributed by atoms with Crippen molar-refractivity contribution in [3.8, 4) is 44.5 Å². The van der Waals surface area contributed by atoms with Crippen LogP contribution in [0, 0.1) is 0 Å². The van der Waals surface area contributed by atoms with Crippen LogP contribution in [0.3, 0.4) is 0 Å². The molecule has 0 spiro atoms. The van der Waals surface area contributed by atoms with E-state index in [1.807, 2.05) is 0 Å². The van der Waals surface area contributed by atoms with E-state index in [1.54, 1.807) is 0 Å². The molecule has 0 atom stereocenters. The molecule has 0 amide bonds. The lowest BCUT2D eigenvalue weighted by molar-refractivity contribution is 1.28. The van der Waals surface area contributed by atoms with Gasteiger partial charge in [0.15, 0.2) is 0 Å². The highest BCUT2D eigenvalue weighted by Gasteiger charge is 2.19. The number of fused-ring (bicyclic) bond motifs is 2. The zero-order chi connectivity index (χ0) is 51.3. The molecular formula is C74H53N3. The van der Waals surface area contributed by atoms with Gasteiger partial charge in [-0.25, -0.2) is 0 Å². The van der Waals surface area contributed by atoms with E-state index in [-0.39, 0.29) is 0 Å². The van der Waals surface area contributed by atoms with Crippen molar-refractivity contribution < 1.29 is 0 Å². The Kier molecular flexibility index (Phi) is 12.7. The molecule has 13 aromatic carbocycles. The smallest absolute Gasteiger partial charge is 0.0540 e. The fourth-order valence-electron chi connectivity index (χ4n) is 10.8. The van der Waals surface area contributed by atoms with E-state index in [0.717, 1.165) is 67.9 Å². The first-order valence-corrected chi connectivity index (χ1v) is 26.3. The van der Waals surface area contributed by atoms with Gasteiger partial charge in [0.2, 0.25) is 0 Å². The molecule has 0 aliphatic carbocycles. The van der Waals surface area contributed by atoms with Crippen LogP contribution < -0.4 is 14.7 Å². The SMILES string of the molecule is c1ccc(-c2ccc(N(c3ccc(-c4ccc(-c5ccc(N(c6ccccc6)c6cccc7ccccc67)cc5)cc4)cc3)c3ccc(-c4ccc(N(c5ccccc5)c5cccc6ccccc56)cc4)cc3)cc2)cc1. The van der Waals surface area contributed by atoms with Crippen molar-refractivity contribution in [2.24, 2.45) is 0 Å². The minimum atomic E-state index is 1.08. The summed E-state index contributed by atoms with van der Waals surface area (Å²) >= 11 is 0. The molecule has 0 saturated heterocycles. The van der Waals surface area contributed by atoms with E-state index in [2.05, 4.69) is 336 Å². The first kappa shape index (κ1) is 46.6. The Morgan fingerprint density at radius 3 is 0.688 bits per heavy atom. The molecule has 364 valence electrons. The fourth-order valence-corrected chi connectivity index (χ4v) is 10.8. The molecule has 0 bridgehead atoms. The second-order valence-corrected chi connectivity index (χ2v) is 19.4. The van der Waals surface area contributed by atoms with Crippen molar-refractivity contribution in [1.29, 1.82) is 0 Å². The molecule has 0 radical (unpaired) electrons. The lowest BCUT2D eigenvalue weighted by atomic mass is 9.99. The number of para-hydroxylation sites is 2. The van der Waals surface area contributed by atoms with E-state index < -0.39 is 0 Å². The second-order valence-electron chi connectivity index (χ2n) is 19.4. The van der Waals surface area contributed by atoms with Crippen molar-refractivity contribution in [2.75, 3.05) is 14.7 Å². The summed E-state index contributed by atoms with van der Waals surface area (Å²) < 4.78 is 0. The van der Waals surface area contributed by atoms with Crippen LogP contribution in [0.1, 0.15) is 0 Å². The Labute approximate surface area is 451 Å². The minimum Gasteiger partial charge on any atom is -0.311 e. The standard InChI is InChI=1S/C74H53N3/c1-4-16-54(17-5-1)57-34-44-66(45-35-57)75(68-48-38-60(39-49-68)61-42-52-70(53-43-61)77(65-24-8-3-9-25-65)74-29-15-21-63-19-11-13-27-72(63)74)67-46-36-58(37-47-67)55-30-32-56(33-31-55)59-40-50-69(51-41-59)76(64-22-6-2-7-23-64)73-28-14-20-62-18-10-12-26-71(62)73/h1-53H. The molecule has 0 aliphatic heterocycles. The van der Waals surface area contributed by atoms with Crippen LogP contribution in [0.5, 0.6) is 0 Å². The summed E-state index contributed by atoms with van der Waals surface area (Å²) in [5, 5.41) is 4.86. The zero-order valence-electron chi connectivity index (χ0n) is 42.4. The zero-order valence-corrected chi connectivity index (χ0v) is 42.4. The van der Waals surface area contributed by atoms with Crippen molar-refractivity contribution in [2.45, 2.75) is 0 Å². The quantitative estimate of drug-likeness (QED) is 0.114. The Hall–Kier alpha value is -10.2. The molecule has 0 saturated carbocycles. The maximum absolute atomic E-state index is 2.35. The third-order valence-electron chi connectivity index (χ3n) is 14.7. The number of nitrogens with zero attached hydrogens (tertiary/aromatic N) is 3. The largest absolute Gasteiger partial charge is 0.311 e. The summed E-state index contributed by atoms with van der Waals surface area (Å²) in [5.41, 5.74) is 19.4. The molecule has 13 aromatic rings. The van der Waals surface area contributed by atoms with E-state index >= 15 is 0 Å². The van der Waals surface area contributed by atoms with Crippen molar-refractivity contribution in [3.05, 3.63) is 322 Å². The van der Waals surface area contributed by atoms with E-state index in [9.17, 15) is 0 Å². The Morgan fingerprint density at radius 1 is 0.143 bits per heavy atom. The summed E-state index contributed by atoms with van der Waals surface area (Å²) in [6.45, 7) is 0. The summed E-state index contributed by atoms with van der Waals surface area (Å²) in [6, 6.07) is 116. The van der Waals surface area contributed by atoms with Crippen LogP contribution in [0.2, 0.25) is 0 Å². The van der Waals surface area contributed by atoms with Gasteiger partial charge in [0.25, 0.3) is 0 Å². The maximum atomic E-state index is 2.35. The van der Waals surface area contributed by atoms with E-state index in [0.29, 0.717) is 0 Å². The third-order valence-corrected chi connectivity index (χ3v) is 14.7. The first-order chi connectivity index (χ1) is 38.2. The molecule has 0 fully saturated rings. The highest BCUT2D eigenvalue weighted by Crippen LogP contribution is 2.43. The summed E-state index contributed by atoms with van der Waals surface area (Å²) in [5.74, 6) is 0. The van der Waals surface area contributed by atoms with Gasteiger partial charge in [0, 0.05) is 50.6 Å². The van der Waals surface area contributed by atoms with Gasteiger partial charge in [-0.3, -0.25) is 0 Å². The molecule has 0 heterocycles. The van der Waals surface area contributed by atoms with Gasteiger partial charge in [0.1, 0.15) is 0 Å². The van der Waals surface area contributed by atoms with Crippen LogP contribution in [0.15, 0.2) is 322 Å². The normalized spacial score (nSPS) is 11.1. The molecule has 0 aliphatic rings. The molecule has 0 N–H and O–H groups in total. The molecule has 3 nitrogen and oxygen atoms in total. The topological polar surface area (TPSA) is 9.72 Å². The lowest BCUT2D eigenvalue weighted by Crippen LogP contribution is -2.10. The van der Waals surface area contributed by atoms with Gasteiger partial charge < -0.3 is 14.7 Å². The van der Waals surface area contributed by atoms with Gasteiger partial charge >= 0.3 is 0 Å². The molecule has 3 heteroatoms. The molecule has 13 rings (SSSR count). The van der Waals surface area contributed by atoms with Gasteiger partial charge in [-0.1, -0.05) is 224 Å². The molecule has 77 heavy (non-hydrogen) atoms. The summed E-state index contributed by atoms with van der Waals surface area (Å²) in [7, 11) is 0. The summed E-state index contributed by atoms with van der Waals surface area (Å²) in [4.78, 5) is 7.05. The number of rotatable bonds is 13. The number of hydrogen-bond donors (Lipinski definition) is 0. The highest BCUT2D eigenvalue weighted by molar-refractivity contribution is 6.00. The Morgan fingerprint density at radius 2 is 0.364 bits per heavy atom. The Bertz CT molecular complexity index is 4070. The minimum absolute atomic E-state index is 1.08. The van der Waals surface area contributed by atoms with Gasteiger partial charge in [0.05, 0.1) is 11.4 Å². The average molecular weight is 984 g/mol. The number of benzene rings is 13. The molecule has 0 unspecified atom stereocenters. The third kappa shape index (κ3) is 9.51. The fraction of sp³-hybridized carbons (Fsp3) is 0. The van der Waals surface area contributed by atoms with E-state index in [1.165, 1.54) is 49.4 Å². The predicted octanol–water partition coefficient (Wildman–Crippen LogP) is 21.1. The average Bonchev–Trinajstić information content (AvgIpc) is 3.51. The highest BCUT2D eigenvalue weighted by atomic mass is 15.2. The van der Waals surface area contributed by atoms with Crippen molar-refractivity contribution in [3.63, 3.8) is 0 Å². The van der Waals surface area contributed by atoms with Crippen LogP contribution in [-0.2, 0) is 0 Å². The monoisotopic (exact) mass is 983 g/mol. The Balaban J connectivity index is 0.773. The van der Waals surface area contributed by atoms with Crippen LogP contribution in [0.4, 0.5) is 51.2 Å². The predicted molar refractivity (Wildman–Crippen MR) is 327 cm³/mol. The number of anilines is 9. The number of hydrogen-bond acceptors (Lipinski definition) is 3. The summed E-state index contributed by atoms with van der Waals surface area (Å²) in [6.07, 6.45) is 0. The van der Waals surface area contributed by atoms with Crippen LogP contribution >= 0.6 is 0 Å². The van der Waals surface area contributed by atoms with E-state index in [4.69, 9.17) is 0 Å². The van der Waals surface area contributed by atoms with Gasteiger partial charge in [-0.2, -0.15) is 0 Å². The van der Waals surface area contributed by atoms with Crippen molar-refractivity contribution >= 4 is 72.7 Å². The maximum Gasteiger partial charge on any atom is 0.0540 e. The van der Waals surface area contributed by atoms with Gasteiger partial charge in [-0.05, 0) is 152 Å². The second kappa shape index (κ2) is 21.0. The molecular weight excluding hydrogens is 931 g/mol. The lowest BCUT2D eigenvalue weighted by Gasteiger charge is -2.27. The molecule has 0 aromatic heterocycles. The van der Waals surface area contributed by atoms with Gasteiger partial charge in [-0.15, -0.1) is 0 Å². The first-order valence-electron chi connectivity index (χ1n) is 26.3. The van der Waals surface area contributed by atoms with Crippen LogP contribution in [0.25, 0.3) is 66.1 Å².